The van der Waals surface area contributed by atoms with E-state index in [4.69, 9.17) is 4.52 Å². The van der Waals surface area contributed by atoms with Crippen molar-refractivity contribution in [2.45, 2.75) is 44.1 Å². The molecule has 2 aromatic heterocycles. The third kappa shape index (κ3) is 5.26. The van der Waals surface area contributed by atoms with Gasteiger partial charge >= 0.3 is 0 Å². The summed E-state index contributed by atoms with van der Waals surface area (Å²) in [6.07, 6.45) is 5.06. The summed E-state index contributed by atoms with van der Waals surface area (Å²) in [5.41, 5.74) is 3.82. The van der Waals surface area contributed by atoms with E-state index in [1.165, 1.54) is 12.1 Å². The minimum Gasteiger partial charge on any atom is -0.356 e. The molecule has 37 heavy (non-hydrogen) atoms. The van der Waals surface area contributed by atoms with E-state index in [2.05, 4.69) is 20.3 Å². The fraction of sp³-hybridized carbons (Fsp3) is 0.393. The van der Waals surface area contributed by atoms with Crippen LogP contribution >= 0.6 is 12.4 Å². The monoisotopic (exact) mass is 523 g/mol. The van der Waals surface area contributed by atoms with Gasteiger partial charge in [-0.05, 0) is 63.4 Å². The molecule has 194 valence electrons. The largest absolute Gasteiger partial charge is 0.356 e. The zero-order valence-corrected chi connectivity index (χ0v) is 21.4. The fourth-order valence-electron chi connectivity index (χ4n) is 5.73. The van der Waals surface area contributed by atoms with Gasteiger partial charge in [0.25, 0.3) is 5.91 Å². The number of carbonyl (C=O) groups is 1. The van der Waals surface area contributed by atoms with Crippen molar-refractivity contribution in [3.63, 3.8) is 0 Å². The van der Waals surface area contributed by atoms with E-state index < -0.39 is 0 Å². The lowest BCUT2D eigenvalue weighted by atomic mass is 9.91. The molecule has 2 aromatic carbocycles. The van der Waals surface area contributed by atoms with Gasteiger partial charge in [-0.1, -0.05) is 35.5 Å². The van der Waals surface area contributed by atoms with Gasteiger partial charge in [0.15, 0.2) is 5.58 Å². The second-order valence-electron chi connectivity index (χ2n) is 9.94. The van der Waals surface area contributed by atoms with Gasteiger partial charge in [-0.3, -0.25) is 9.89 Å². The molecule has 0 saturated carbocycles. The highest BCUT2D eigenvalue weighted by Crippen LogP contribution is 2.33. The topological polar surface area (TPSA) is 78.3 Å². The number of aromatic amines is 1. The van der Waals surface area contributed by atoms with E-state index in [-0.39, 0.29) is 30.2 Å². The molecule has 2 aliphatic rings. The number of hydrogen-bond donors (Lipinski definition) is 1. The summed E-state index contributed by atoms with van der Waals surface area (Å²) in [5, 5.41) is 12.5. The van der Waals surface area contributed by atoms with E-state index in [0.717, 1.165) is 80.6 Å². The highest BCUT2D eigenvalue weighted by atomic mass is 35.5. The van der Waals surface area contributed by atoms with Crippen LogP contribution in [0.5, 0.6) is 0 Å². The summed E-state index contributed by atoms with van der Waals surface area (Å²) in [4.78, 5) is 17.8. The number of halogens is 2. The van der Waals surface area contributed by atoms with Crippen LogP contribution < -0.4 is 0 Å². The van der Waals surface area contributed by atoms with Gasteiger partial charge in [-0.25, -0.2) is 4.39 Å². The third-order valence-corrected chi connectivity index (χ3v) is 7.73. The Morgan fingerprint density at radius 1 is 1.05 bits per heavy atom. The maximum absolute atomic E-state index is 13.5. The molecule has 0 radical (unpaired) electrons. The van der Waals surface area contributed by atoms with E-state index >= 15 is 0 Å². The number of carbonyl (C=O) groups excluding carboxylic acids is 1. The number of H-pyrrole nitrogens is 1. The van der Waals surface area contributed by atoms with Gasteiger partial charge in [0.2, 0.25) is 0 Å². The Hall–Kier alpha value is -3.23. The van der Waals surface area contributed by atoms with Crippen molar-refractivity contribution in [2.24, 2.45) is 0 Å². The standard InChI is InChI=1S/C28H30FN5O2.ClH/c29-21-8-9-23-26(17-21)36-32-27(23)20-10-14-33(15-11-20)16-12-22-7-4-13-34(22)28(35)25-18-24(30-31-25)19-5-2-1-3-6-19;/h1-3,5-6,8-9,17-18,20,22H,4,7,10-16H2,(H,30,31);1H. The molecule has 2 fully saturated rings. The van der Waals surface area contributed by atoms with E-state index in [1.54, 1.807) is 6.07 Å². The third-order valence-electron chi connectivity index (χ3n) is 7.73. The summed E-state index contributed by atoms with van der Waals surface area (Å²) in [6.45, 7) is 3.75. The molecular weight excluding hydrogens is 493 g/mol. The second-order valence-corrected chi connectivity index (χ2v) is 9.94. The Labute approximate surface area is 221 Å². The molecule has 1 amide bonds. The number of nitrogens with zero attached hydrogens (tertiary/aromatic N) is 4. The summed E-state index contributed by atoms with van der Waals surface area (Å²) >= 11 is 0. The number of aromatic nitrogens is 3. The average Bonchev–Trinajstić information content (AvgIpc) is 3.67. The smallest absolute Gasteiger partial charge is 0.272 e. The SMILES string of the molecule is Cl.O=C(c1cc(-c2ccccc2)n[nH]1)N1CCCC1CCN1CCC(c2noc3cc(F)ccc23)CC1. The molecule has 6 rings (SSSR count). The number of benzene rings is 2. The van der Waals surface area contributed by atoms with Crippen LogP contribution in [0.3, 0.4) is 0 Å². The van der Waals surface area contributed by atoms with Crippen molar-refractivity contribution in [1.82, 2.24) is 25.2 Å². The molecular formula is C28H31ClFN5O2. The van der Waals surface area contributed by atoms with E-state index in [0.29, 0.717) is 17.2 Å². The van der Waals surface area contributed by atoms with Crippen LogP contribution in [-0.2, 0) is 0 Å². The van der Waals surface area contributed by atoms with Crippen LogP contribution in [-0.4, -0.2) is 63.3 Å². The molecule has 4 aromatic rings. The Kier molecular flexibility index (Phi) is 7.58. The maximum atomic E-state index is 13.5. The maximum Gasteiger partial charge on any atom is 0.272 e. The number of amides is 1. The summed E-state index contributed by atoms with van der Waals surface area (Å²) < 4.78 is 18.8. The minimum absolute atomic E-state index is 0. The molecule has 0 aliphatic carbocycles. The quantitative estimate of drug-likeness (QED) is 0.353. The Morgan fingerprint density at radius 2 is 1.86 bits per heavy atom. The first-order valence-corrected chi connectivity index (χ1v) is 12.8. The summed E-state index contributed by atoms with van der Waals surface area (Å²) in [5.74, 6) is 0.0700. The number of likely N-dealkylation sites (tertiary alicyclic amines) is 2. The van der Waals surface area contributed by atoms with Crippen LogP contribution in [0.15, 0.2) is 59.1 Å². The molecule has 2 aliphatic heterocycles. The Balaban J connectivity index is 0.00000280. The van der Waals surface area contributed by atoms with Crippen LogP contribution in [0.25, 0.3) is 22.2 Å². The number of hydrogen-bond acceptors (Lipinski definition) is 5. The molecule has 0 bridgehead atoms. The predicted molar refractivity (Wildman–Crippen MR) is 142 cm³/mol. The van der Waals surface area contributed by atoms with E-state index in [1.807, 2.05) is 41.3 Å². The van der Waals surface area contributed by atoms with Crippen molar-refractivity contribution in [3.8, 4) is 11.3 Å². The first-order valence-electron chi connectivity index (χ1n) is 12.8. The molecule has 2 saturated heterocycles. The van der Waals surface area contributed by atoms with Crippen molar-refractivity contribution < 1.29 is 13.7 Å². The number of piperidine rings is 1. The molecule has 4 heterocycles. The van der Waals surface area contributed by atoms with Crippen LogP contribution in [0.4, 0.5) is 4.39 Å². The normalized spacial score (nSPS) is 18.8. The summed E-state index contributed by atoms with van der Waals surface area (Å²) in [6, 6.07) is 16.7. The molecule has 1 N–H and O–H groups in total. The zero-order valence-electron chi connectivity index (χ0n) is 20.6. The lowest BCUT2D eigenvalue weighted by Gasteiger charge is -2.33. The van der Waals surface area contributed by atoms with Crippen LogP contribution in [0, 0.1) is 5.82 Å². The minimum atomic E-state index is -0.302. The van der Waals surface area contributed by atoms with Gasteiger partial charge in [-0.2, -0.15) is 5.10 Å². The Morgan fingerprint density at radius 3 is 2.68 bits per heavy atom. The molecule has 1 atom stereocenters. The first-order chi connectivity index (χ1) is 17.7. The molecule has 1 unspecified atom stereocenters. The van der Waals surface area contributed by atoms with Gasteiger partial charge in [0.1, 0.15) is 11.5 Å². The van der Waals surface area contributed by atoms with Crippen molar-refractivity contribution >= 4 is 29.3 Å². The van der Waals surface area contributed by atoms with Gasteiger partial charge < -0.3 is 14.3 Å². The number of rotatable bonds is 6. The molecule has 9 heteroatoms. The fourth-order valence-corrected chi connectivity index (χ4v) is 5.73. The highest BCUT2D eigenvalue weighted by molar-refractivity contribution is 5.93. The van der Waals surface area contributed by atoms with Gasteiger partial charge in [0.05, 0.1) is 11.4 Å². The van der Waals surface area contributed by atoms with Crippen LogP contribution in [0.1, 0.15) is 54.2 Å². The van der Waals surface area contributed by atoms with Crippen molar-refractivity contribution in [2.75, 3.05) is 26.2 Å². The molecule has 7 nitrogen and oxygen atoms in total. The lowest BCUT2D eigenvalue weighted by Crippen LogP contribution is -2.40. The van der Waals surface area contributed by atoms with Crippen LogP contribution in [0.2, 0.25) is 0 Å². The predicted octanol–water partition coefficient (Wildman–Crippen LogP) is 5.65. The molecule has 0 spiro atoms. The number of nitrogens with one attached hydrogen (secondary N) is 1. The highest BCUT2D eigenvalue weighted by Gasteiger charge is 2.31. The summed E-state index contributed by atoms with van der Waals surface area (Å²) in [7, 11) is 0. The average molecular weight is 524 g/mol. The van der Waals surface area contributed by atoms with E-state index in [9.17, 15) is 9.18 Å². The number of fused-ring (bicyclic) bond motifs is 1. The van der Waals surface area contributed by atoms with Gasteiger partial charge in [-0.15, -0.1) is 12.4 Å². The van der Waals surface area contributed by atoms with Crippen molar-refractivity contribution in [3.05, 3.63) is 71.8 Å². The van der Waals surface area contributed by atoms with Crippen molar-refractivity contribution in [1.29, 1.82) is 0 Å². The zero-order chi connectivity index (χ0) is 24.5. The first kappa shape index (κ1) is 25.4. The lowest BCUT2D eigenvalue weighted by molar-refractivity contribution is 0.0711. The van der Waals surface area contributed by atoms with Gasteiger partial charge in [0, 0.05) is 42.1 Å². The second kappa shape index (κ2) is 11.0. The Bertz CT molecular complexity index is 1350.